The van der Waals surface area contributed by atoms with Gasteiger partial charge in [0.05, 0.1) is 5.60 Å². The van der Waals surface area contributed by atoms with E-state index in [2.05, 4.69) is 13.8 Å². The molecule has 4 aliphatic rings. The lowest BCUT2D eigenvalue weighted by molar-refractivity contribution is -0.224. The Bertz CT molecular complexity index is 259. The van der Waals surface area contributed by atoms with Crippen molar-refractivity contribution in [3.63, 3.8) is 0 Å². The van der Waals surface area contributed by atoms with Crippen molar-refractivity contribution in [2.75, 3.05) is 0 Å². The van der Waals surface area contributed by atoms with E-state index in [0.717, 1.165) is 24.7 Å². The molecule has 0 aromatic rings. The molecule has 4 fully saturated rings. The van der Waals surface area contributed by atoms with Gasteiger partial charge < -0.3 is 5.11 Å². The summed E-state index contributed by atoms with van der Waals surface area (Å²) in [6.07, 6.45) is 8.89. The standard InChI is InChI=1S/C14H24O/c1-3-4-14(15)12-6-10-5-11(7-12)9-13(14,2)8-10/h10-12,15H,3-9H2,1-2H3. The summed E-state index contributed by atoms with van der Waals surface area (Å²) in [5.74, 6) is 2.53. The molecular formula is C14H24O. The van der Waals surface area contributed by atoms with Gasteiger partial charge in [-0.15, -0.1) is 0 Å². The Morgan fingerprint density at radius 3 is 2.20 bits per heavy atom. The molecule has 0 radical (unpaired) electrons. The van der Waals surface area contributed by atoms with Gasteiger partial charge in [0.25, 0.3) is 0 Å². The monoisotopic (exact) mass is 208 g/mol. The van der Waals surface area contributed by atoms with Crippen LogP contribution in [-0.2, 0) is 0 Å². The van der Waals surface area contributed by atoms with Gasteiger partial charge in [-0.3, -0.25) is 0 Å². The predicted octanol–water partition coefficient (Wildman–Crippen LogP) is 3.36. The third-order valence-electron chi connectivity index (χ3n) is 5.73. The zero-order valence-electron chi connectivity index (χ0n) is 10.1. The molecule has 1 nitrogen and oxygen atoms in total. The quantitative estimate of drug-likeness (QED) is 0.737. The van der Waals surface area contributed by atoms with Gasteiger partial charge in [-0.25, -0.2) is 0 Å². The largest absolute Gasteiger partial charge is 0.389 e. The molecule has 0 aliphatic heterocycles. The molecule has 1 heteroatoms. The van der Waals surface area contributed by atoms with Gasteiger partial charge in [-0.1, -0.05) is 20.3 Å². The van der Waals surface area contributed by atoms with Gasteiger partial charge in [0.1, 0.15) is 0 Å². The lowest BCUT2D eigenvalue weighted by atomic mass is 9.43. The minimum atomic E-state index is -0.310. The third-order valence-corrected chi connectivity index (χ3v) is 5.73. The maximum absolute atomic E-state index is 11.0. The molecule has 86 valence electrons. The second kappa shape index (κ2) is 3.00. The number of hydrogen-bond acceptors (Lipinski definition) is 1. The maximum atomic E-state index is 11.0. The van der Waals surface area contributed by atoms with E-state index in [4.69, 9.17) is 0 Å². The molecule has 4 aliphatic carbocycles. The summed E-state index contributed by atoms with van der Waals surface area (Å²) in [4.78, 5) is 0. The highest BCUT2D eigenvalue weighted by Gasteiger charge is 2.61. The minimum absolute atomic E-state index is 0.262. The Morgan fingerprint density at radius 1 is 1.13 bits per heavy atom. The van der Waals surface area contributed by atoms with E-state index in [0.29, 0.717) is 5.92 Å². The van der Waals surface area contributed by atoms with Crippen LogP contribution in [0.2, 0.25) is 0 Å². The van der Waals surface area contributed by atoms with Crippen molar-refractivity contribution in [2.24, 2.45) is 23.2 Å². The van der Waals surface area contributed by atoms with Gasteiger partial charge in [0.2, 0.25) is 0 Å². The SMILES string of the molecule is CCCC1(O)C2CC3CC(C2)CC1(C)C3. The molecule has 0 aromatic carbocycles. The molecule has 0 aromatic heterocycles. The zero-order chi connectivity index (χ0) is 10.7. The molecule has 3 unspecified atom stereocenters. The average Bonchev–Trinajstić information content (AvgIpc) is 2.13. The van der Waals surface area contributed by atoms with Crippen molar-refractivity contribution < 1.29 is 5.11 Å². The van der Waals surface area contributed by atoms with Crippen molar-refractivity contribution in [1.82, 2.24) is 0 Å². The second-order valence-corrected chi connectivity index (χ2v) is 6.78. The fraction of sp³-hybridized carbons (Fsp3) is 1.00. The fourth-order valence-electron chi connectivity index (χ4n) is 5.38. The number of rotatable bonds is 2. The highest BCUT2D eigenvalue weighted by molar-refractivity contribution is 5.12. The summed E-state index contributed by atoms with van der Waals surface area (Å²) in [6, 6.07) is 0. The van der Waals surface area contributed by atoms with Crippen molar-refractivity contribution in [2.45, 2.75) is 64.4 Å². The predicted molar refractivity (Wildman–Crippen MR) is 61.5 cm³/mol. The molecule has 4 rings (SSSR count). The van der Waals surface area contributed by atoms with Gasteiger partial charge in [-0.2, -0.15) is 0 Å². The van der Waals surface area contributed by atoms with Crippen molar-refractivity contribution in [3.8, 4) is 0 Å². The molecule has 3 atom stereocenters. The Balaban J connectivity index is 1.96. The topological polar surface area (TPSA) is 20.2 Å². The summed E-state index contributed by atoms with van der Waals surface area (Å²) in [5.41, 5.74) is -0.0487. The van der Waals surface area contributed by atoms with Crippen LogP contribution in [0.1, 0.15) is 58.8 Å². The van der Waals surface area contributed by atoms with Crippen LogP contribution in [0, 0.1) is 23.2 Å². The average molecular weight is 208 g/mol. The van der Waals surface area contributed by atoms with Crippen molar-refractivity contribution in [1.29, 1.82) is 0 Å². The minimum Gasteiger partial charge on any atom is -0.389 e. The van der Waals surface area contributed by atoms with E-state index in [1.807, 2.05) is 0 Å². The molecule has 15 heavy (non-hydrogen) atoms. The first-order valence-corrected chi connectivity index (χ1v) is 6.80. The number of aliphatic hydroxyl groups is 1. The first-order chi connectivity index (χ1) is 7.07. The van der Waals surface area contributed by atoms with Crippen LogP contribution >= 0.6 is 0 Å². The fourth-order valence-corrected chi connectivity index (χ4v) is 5.38. The van der Waals surface area contributed by atoms with Crippen molar-refractivity contribution >= 4 is 0 Å². The normalized spacial score (nSPS) is 57.4. The van der Waals surface area contributed by atoms with Crippen LogP contribution in [-0.4, -0.2) is 10.7 Å². The van der Waals surface area contributed by atoms with Crippen molar-refractivity contribution in [3.05, 3.63) is 0 Å². The molecule has 0 spiro atoms. The van der Waals surface area contributed by atoms with Gasteiger partial charge in [0, 0.05) is 0 Å². The lowest BCUT2D eigenvalue weighted by Gasteiger charge is -2.64. The molecular weight excluding hydrogens is 184 g/mol. The molecule has 0 amide bonds. The van der Waals surface area contributed by atoms with Crippen LogP contribution in [0.4, 0.5) is 0 Å². The summed E-state index contributed by atoms with van der Waals surface area (Å²) >= 11 is 0. The van der Waals surface area contributed by atoms with Crippen LogP contribution in [0.5, 0.6) is 0 Å². The van der Waals surface area contributed by atoms with Gasteiger partial charge >= 0.3 is 0 Å². The zero-order valence-corrected chi connectivity index (χ0v) is 10.1. The second-order valence-electron chi connectivity index (χ2n) is 6.78. The van der Waals surface area contributed by atoms with E-state index in [-0.39, 0.29) is 11.0 Å². The van der Waals surface area contributed by atoms with Crippen LogP contribution in [0.3, 0.4) is 0 Å². The van der Waals surface area contributed by atoms with E-state index in [1.54, 1.807) is 0 Å². The van der Waals surface area contributed by atoms with E-state index >= 15 is 0 Å². The highest BCUT2D eigenvalue weighted by atomic mass is 16.3. The maximum Gasteiger partial charge on any atom is 0.0729 e. The summed E-state index contributed by atoms with van der Waals surface area (Å²) in [5, 5.41) is 11.0. The first kappa shape index (κ1) is 10.1. The lowest BCUT2D eigenvalue weighted by Crippen LogP contribution is -2.63. The molecule has 4 saturated carbocycles. The highest BCUT2D eigenvalue weighted by Crippen LogP contribution is 2.65. The van der Waals surface area contributed by atoms with Gasteiger partial charge in [-0.05, 0) is 61.7 Å². The van der Waals surface area contributed by atoms with Gasteiger partial charge in [0.15, 0.2) is 0 Å². The molecule has 0 saturated heterocycles. The van der Waals surface area contributed by atoms with Crippen LogP contribution < -0.4 is 0 Å². The Morgan fingerprint density at radius 2 is 1.73 bits per heavy atom. The summed E-state index contributed by atoms with van der Waals surface area (Å²) in [7, 11) is 0. The molecule has 4 bridgehead atoms. The molecule has 1 N–H and O–H groups in total. The number of hydrogen-bond donors (Lipinski definition) is 1. The third kappa shape index (κ3) is 1.19. The van der Waals surface area contributed by atoms with E-state index in [1.165, 1.54) is 32.1 Å². The van der Waals surface area contributed by atoms with E-state index < -0.39 is 0 Å². The summed E-state index contributed by atoms with van der Waals surface area (Å²) < 4.78 is 0. The first-order valence-electron chi connectivity index (χ1n) is 6.80. The Labute approximate surface area is 93.3 Å². The van der Waals surface area contributed by atoms with Crippen LogP contribution in [0.25, 0.3) is 0 Å². The Kier molecular flexibility index (Phi) is 2.03. The van der Waals surface area contributed by atoms with E-state index in [9.17, 15) is 5.11 Å². The Hall–Kier alpha value is -0.0400. The smallest absolute Gasteiger partial charge is 0.0729 e. The van der Waals surface area contributed by atoms with Crippen LogP contribution in [0.15, 0.2) is 0 Å². The summed E-state index contributed by atoms with van der Waals surface area (Å²) in [6.45, 7) is 4.58. The molecule has 0 heterocycles.